The van der Waals surface area contributed by atoms with E-state index >= 15 is 0 Å². The number of piperazine rings is 1. The van der Waals surface area contributed by atoms with E-state index in [0.29, 0.717) is 37.5 Å². The van der Waals surface area contributed by atoms with Crippen LogP contribution in [0.4, 0.5) is 19.1 Å². The van der Waals surface area contributed by atoms with Crippen LogP contribution in [0.5, 0.6) is 5.75 Å². The molecule has 1 fully saturated rings. The number of H-pyrrole nitrogens is 1. The molecule has 1 saturated heterocycles. The van der Waals surface area contributed by atoms with Gasteiger partial charge in [-0.2, -0.15) is 18.3 Å². The van der Waals surface area contributed by atoms with Crippen molar-refractivity contribution in [2.45, 2.75) is 32.5 Å². The Morgan fingerprint density at radius 3 is 2.48 bits per heavy atom. The first-order valence-electron chi connectivity index (χ1n) is 10.4. The van der Waals surface area contributed by atoms with Gasteiger partial charge >= 0.3 is 6.18 Å². The van der Waals surface area contributed by atoms with E-state index in [-0.39, 0.29) is 43.2 Å². The predicted octanol–water partition coefficient (Wildman–Crippen LogP) is 1.41. The van der Waals surface area contributed by atoms with Gasteiger partial charge in [-0.15, -0.1) is 0 Å². The molecule has 0 radical (unpaired) electrons. The van der Waals surface area contributed by atoms with E-state index in [1.807, 2.05) is 0 Å². The van der Waals surface area contributed by atoms with Crippen LogP contribution in [0.1, 0.15) is 24.5 Å². The highest BCUT2D eigenvalue weighted by Crippen LogP contribution is 2.28. The van der Waals surface area contributed by atoms with Gasteiger partial charge in [-0.05, 0) is 13.8 Å². The number of carbonyl (C=O) groups excluding carboxylic acids is 1. The molecule has 13 heteroatoms. The van der Waals surface area contributed by atoms with Crippen LogP contribution in [0.15, 0.2) is 23.4 Å². The van der Waals surface area contributed by atoms with Crippen LogP contribution in [-0.4, -0.2) is 76.5 Å². The maximum Gasteiger partial charge on any atom is 0.419 e. The lowest BCUT2D eigenvalue weighted by molar-refractivity contribution is -0.138. The SMILES string of the molecule is Cc1c(OC[C@@H](C)OCCC(=O)N2CCN(c3ncc(C(F)(F)F)cn3)CC2)cn[nH]c1=O. The highest BCUT2D eigenvalue weighted by molar-refractivity contribution is 5.76. The Kier molecular flexibility index (Phi) is 7.84. The summed E-state index contributed by atoms with van der Waals surface area (Å²) in [5.41, 5.74) is -0.797. The minimum Gasteiger partial charge on any atom is -0.489 e. The van der Waals surface area contributed by atoms with E-state index < -0.39 is 11.7 Å². The summed E-state index contributed by atoms with van der Waals surface area (Å²) >= 11 is 0. The molecule has 0 spiro atoms. The molecule has 2 aromatic rings. The second kappa shape index (κ2) is 10.6. The first-order chi connectivity index (χ1) is 15.6. The molecule has 0 saturated carbocycles. The fourth-order valence-electron chi connectivity index (χ4n) is 3.14. The number of nitrogens with one attached hydrogen (secondary N) is 1. The molecule has 0 unspecified atom stereocenters. The summed E-state index contributed by atoms with van der Waals surface area (Å²) in [7, 11) is 0. The number of aromatic nitrogens is 4. The fourth-order valence-corrected chi connectivity index (χ4v) is 3.14. The molecule has 0 aromatic carbocycles. The van der Waals surface area contributed by atoms with Crippen LogP contribution in [0.3, 0.4) is 0 Å². The molecule has 0 aliphatic carbocycles. The Balaban J connectivity index is 1.37. The van der Waals surface area contributed by atoms with E-state index in [4.69, 9.17) is 9.47 Å². The number of ether oxygens (including phenoxy) is 2. The van der Waals surface area contributed by atoms with Gasteiger partial charge in [-0.3, -0.25) is 9.59 Å². The predicted molar refractivity (Wildman–Crippen MR) is 111 cm³/mol. The van der Waals surface area contributed by atoms with Crippen LogP contribution >= 0.6 is 0 Å². The molecule has 1 atom stereocenters. The number of amides is 1. The van der Waals surface area contributed by atoms with Crippen LogP contribution < -0.4 is 15.2 Å². The van der Waals surface area contributed by atoms with Crippen molar-refractivity contribution < 1.29 is 27.4 Å². The molecule has 33 heavy (non-hydrogen) atoms. The molecule has 10 nitrogen and oxygen atoms in total. The van der Waals surface area contributed by atoms with E-state index in [1.165, 1.54) is 6.20 Å². The summed E-state index contributed by atoms with van der Waals surface area (Å²) in [6.07, 6.45) is -1.66. The zero-order chi connectivity index (χ0) is 24.0. The average molecular weight is 470 g/mol. The van der Waals surface area contributed by atoms with Crippen molar-refractivity contribution in [3.8, 4) is 5.75 Å². The summed E-state index contributed by atoms with van der Waals surface area (Å²) in [5, 5.41) is 6.00. The quantitative estimate of drug-likeness (QED) is 0.616. The number of hydrogen-bond donors (Lipinski definition) is 1. The number of anilines is 1. The summed E-state index contributed by atoms with van der Waals surface area (Å²) in [6.45, 7) is 5.50. The molecular formula is C20H25F3N6O4. The third-order valence-electron chi connectivity index (χ3n) is 5.13. The van der Waals surface area contributed by atoms with Crippen molar-refractivity contribution in [2.24, 2.45) is 0 Å². The second-order valence-electron chi connectivity index (χ2n) is 7.57. The van der Waals surface area contributed by atoms with Crippen LogP contribution in [0.2, 0.25) is 0 Å². The van der Waals surface area contributed by atoms with Crippen molar-refractivity contribution in [1.29, 1.82) is 0 Å². The van der Waals surface area contributed by atoms with Gasteiger partial charge in [0, 0.05) is 38.6 Å². The Hall–Kier alpha value is -3.22. The van der Waals surface area contributed by atoms with E-state index in [9.17, 15) is 22.8 Å². The number of alkyl halides is 3. The highest BCUT2D eigenvalue weighted by Gasteiger charge is 2.32. The highest BCUT2D eigenvalue weighted by atomic mass is 19.4. The average Bonchev–Trinajstić information content (AvgIpc) is 2.79. The molecule has 2 aromatic heterocycles. The zero-order valence-corrected chi connectivity index (χ0v) is 18.3. The molecule has 1 aliphatic heterocycles. The lowest BCUT2D eigenvalue weighted by Gasteiger charge is -2.34. The number of halogens is 3. The van der Waals surface area contributed by atoms with Crippen molar-refractivity contribution in [3.05, 3.63) is 40.1 Å². The van der Waals surface area contributed by atoms with Gasteiger partial charge < -0.3 is 19.3 Å². The molecule has 1 N–H and O–H groups in total. The summed E-state index contributed by atoms with van der Waals surface area (Å²) in [5.74, 6) is 0.504. The Morgan fingerprint density at radius 2 is 1.85 bits per heavy atom. The molecule has 1 amide bonds. The van der Waals surface area contributed by atoms with Crippen LogP contribution in [-0.2, 0) is 15.7 Å². The lowest BCUT2D eigenvalue weighted by atomic mass is 10.3. The molecule has 3 rings (SSSR count). The lowest BCUT2D eigenvalue weighted by Crippen LogP contribution is -2.49. The van der Waals surface area contributed by atoms with E-state index in [1.54, 1.807) is 23.6 Å². The van der Waals surface area contributed by atoms with Gasteiger partial charge in [0.05, 0.1) is 36.5 Å². The van der Waals surface area contributed by atoms with Gasteiger partial charge in [0.1, 0.15) is 12.4 Å². The van der Waals surface area contributed by atoms with Gasteiger partial charge in [0.2, 0.25) is 11.9 Å². The summed E-state index contributed by atoms with van der Waals surface area (Å²) < 4.78 is 49.1. The first kappa shape index (κ1) is 24.4. The maximum absolute atomic E-state index is 12.6. The number of nitrogens with zero attached hydrogens (tertiary/aromatic N) is 5. The first-order valence-corrected chi connectivity index (χ1v) is 10.4. The van der Waals surface area contributed by atoms with E-state index in [0.717, 1.165) is 12.4 Å². The normalized spacial score (nSPS) is 15.4. The van der Waals surface area contributed by atoms with Crippen molar-refractivity contribution in [3.63, 3.8) is 0 Å². The van der Waals surface area contributed by atoms with Crippen LogP contribution in [0, 0.1) is 6.92 Å². The molecule has 180 valence electrons. The minimum atomic E-state index is -4.48. The van der Waals surface area contributed by atoms with Crippen LogP contribution in [0.25, 0.3) is 0 Å². The Morgan fingerprint density at radius 1 is 1.18 bits per heavy atom. The van der Waals surface area contributed by atoms with Crippen molar-refractivity contribution >= 4 is 11.9 Å². The monoisotopic (exact) mass is 470 g/mol. The van der Waals surface area contributed by atoms with Gasteiger partial charge in [0.25, 0.3) is 5.56 Å². The smallest absolute Gasteiger partial charge is 0.419 e. The fraction of sp³-hybridized carbons (Fsp3) is 0.550. The van der Waals surface area contributed by atoms with Gasteiger partial charge in [-0.25, -0.2) is 15.1 Å². The third-order valence-corrected chi connectivity index (χ3v) is 5.13. The molecule has 1 aliphatic rings. The third kappa shape index (κ3) is 6.63. The Labute approximate surface area is 187 Å². The molecule has 0 bridgehead atoms. The minimum absolute atomic E-state index is 0.0780. The standard InChI is InChI=1S/C20H25F3N6O4/c1-13(12-33-16-11-26-27-18(31)14(16)2)32-8-3-17(30)28-4-6-29(7-5-28)19-24-9-15(10-25-19)20(21,22)23/h9-11,13H,3-8,12H2,1-2H3,(H,27,31)/t13-/m1/s1. The second-order valence-corrected chi connectivity index (χ2v) is 7.57. The van der Waals surface area contributed by atoms with Gasteiger partial charge in [-0.1, -0.05) is 0 Å². The maximum atomic E-state index is 12.6. The number of aromatic amines is 1. The number of carbonyl (C=O) groups is 1. The largest absolute Gasteiger partial charge is 0.489 e. The summed E-state index contributed by atoms with van der Waals surface area (Å²) in [4.78, 5) is 34.9. The van der Waals surface area contributed by atoms with Crippen molar-refractivity contribution in [2.75, 3.05) is 44.3 Å². The summed E-state index contributed by atoms with van der Waals surface area (Å²) in [6, 6.07) is 0. The number of rotatable bonds is 8. The Bertz CT molecular complexity index is 991. The van der Waals surface area contributed by atoms with E-state index in [2.05, 4.69) is 20.2 Å². The zero-order valence-electron chi connectivity index (χ0n) is 18.3. The van der Waals surface area contributed by atoms with Gasteiger partial charge in [0.15, 0.2) is 0 Å². The molecular weight excluding hydrogens is 445 g/mol. The molecule has 3 heterocycles. The topological polar surface area (TPSA) is 114 Å². The number of hydrogen-bond acceptors (Lipinski definition) is 8. The van der Waals surface area contributed by atoms with Crippen molar-refractivity contribution in [1.82, 2.24) is 25.1 Å².